The highest BCUT2D eigenvalue weighted by Gasteiger charge is 2.35. The van der Waals surface area contributed by atoms with Gasteiger partial charge in [0.25, 0.3) is 0 Å². The number of aromatic nitrogens is 4. The molecule has 0 amide bonds. The lowest BCUT2D eigenvalue weighted by molar-refractivity contribution is -0.0140. The summed E-state index contributed by atoms with van der Waals surface area (Å²) in [6, 6.07) is 10.9. The highest BCUT2D eigenvalue weighted by molar-refractivity contribution is 7.16. The number of rotatable bonds is 7. The van der Waals surface area contributed by atoms with Crippen molar-refractivity contribution < 1.29 is 23.0 Å². The molecule has 0 spiro atoms. The van der Waals surface area contributed by atoms with Crippen LogP contribution < -0.4 is 9.47 Å². The Morgan fingerprint density at radius 1 is 1.17 bits per heavy atom. The van der Waals surface area contributed by atoms with Gasteiger partial charge >= 0.3 is 0 Å². The number of halogens is 1. The van der Waals surface area contributed by atoms with Crippen LogP contribution in [0.4, 0.5) is 4.39 Å². The minimum atomic E-state index is -1.47. The van der Waals surface area contributed by atoms with Crippen LogP contribution in [0, 0.1) is 0 Å². The fourth-order valence-electron chi connectivity index (χ4n) is 4.36. The van der Waals surface area contributed by atoms with Crippen molar-refractivity contribution in [3.05, 3.63) is 59.0 Å². The van der Waals surface area contributed by atoms with E-state index < -0.39 is 5.67 Å². The summed E-state index contributed by atoms with van der Waals surface area (Å²) in [5, 5.41) is 6.34. The zero-order valence-corrected chi connectivity index (χ0v) is 20.8. The second-order valence-electron chi connectivity index (χ2n) is 8.73. The molecule has 10 heteroatoms. The molecule has 1 aliphatic rings. The summed E-state index contributed by atoms with van der Waals surface area (Å²) in [7, 11) is 1.59. The first kappa shape index (κ1) is 22.9. The van der Waals surface area contributed by atoms with Gasteiger partial charge in [-0.3, -0.25) is 4.98 Å². The first-order valence-electron chi connectivity index (χ1n) is 11.9. The van der Waals surface area contributed by atoms with Crippen LogP contribution in [0.2, 0.25) is 0 Å². The van der Waals surface area contributed by atoms with Gasteiger partial charge in [-0.1, -0.05) is 24.3 Å². The summed E-state index contributed by atoms with van der Waals surface area (Å²) in [5.74, 6) is 1.79. The van der Waals surface area contributed by atoms with E-state index in [0.29, 0.717) is 66.0 Å². The number of alkyl halides is 1. The molecule has 36 heavy (non-hydrogen) atoms. The van der Waals surface area contributed by atoms with Crippen molar-refractivity contribution in [3.63, 3.8) is 0 Å². The summed E-state index contributed by atoms with van der Waals surface area (Å²) in [5.41, 5.74) is 0.902. The van der Waals surface area contributed by atoms with Crippen molar-refractivity contribution in [3.8, 4) is 23.0 Å². The van der Waals surface area contributed by atoms with Gasteiger partial charge in [0.1, 0.15) is 34.4 Å². The molecule has 5 heterocycles. The first-order chi connectivity index (χ1) is 17.5. The Bertz CT molecular complexity index is 1500. The van der Waals surface area contributed by atoms with Gasteiger partial charge < -0.3 is 18.6 Å². The summed E-state index contributed by atoms with van der Waals surface area (Å²) >= 11 is 1.56. The van der Waals surface area contributed by atoms with Crippen LogP contribution in [0.25, 0.3) is 27.4 Å². The smallest absolute Gasteiger partial charge is 0.212 e. The lowest BCUT2D eigenvalue weighted by Crippen LogP contribution is -2.30. The third-order valence-corrected chi connectivity index (χ3v) is 7.44. The minimum Gasteiger partial charge on any atom is -0.496 e. The second-order valence-corrected chi connectivity index (χ2v) is 9.77. The molecule has 8 nitrogen and oxygen atoms in total. The quantitative estimate of drug-likeness (QED) is 0.278. The molecule has 1 aliphatic heterocycles. The molecule has 0 unspecified atom stereocenters. The highest BCUT2D eigenvalue weighted by Crippen LogP contribution is 2.38. The number of fused-ring (bicyclic) bond motifs is 2. The van der Waals surface area contributed by atoms with E-state index in [1.807, 2.05) is 30.5 Å². The van der Waals surface area contributed by atoms with E-state index >= 15 is 4.39 Å². The van der Waals surface area contributed by atoms with Gasteiger partial charge in [-0.25, -0.2) is 13.9 Å². The van der Waals surface area contributed by atoms with E-state index in [9.17, 15) is 0 Å². The third-order valence-electron chi connectivity index (χ3n) is 6.38. The summed E-state index contributed by atoms with van der Waals surface area (Å²) in [6.45, 7) is 3.04. The first-order valence-corrected chi connectivity index (χ1v) is 12.7. The monoisotopic (exact) mass is 508 g/mol. The number of methoxy groups -OCH3 is 1. The third kappa shape index (κ3) is 4.20. The zero-order valence-electron chi connectivity index (χ0n) is 20.0. The van der Waals surface area contributed by atoms with Crippen LogP contribution in [-0.2, 0) is 23.4 Å². The van der Waals surface area contributed by atoms with E-state index in [2.05, 4.69) is 22.0 Å². The molecule has 4 aromatic heterocycles. The van der Waals surface area contributed by atoms with Gasteiger partial charge in [0.05, 0.1) is 43.3 Å². The van der Waals surface area contributed by atoms with Crippen molar-refractivity contribution >= 4 is 27.3 Å². The van der Waals surface area contributed by atoms with Gasteiger partial charge in [0.2, 0.25) is 4.96 Å². The van der Waals surface area contributed by atoms with Crippen LogP contribution in [-0.4, -0.2) is 39.9 Å². The van der Waals surface area contributed by atoms with Crippen LogP contribution in [0.3, 0.4) is 0 Å². The maximum absolute atomic E-state index is 15.4. The average molecular weight is 509 g/mol. The Labute approximate surface area is 210 Å². The van der Waals surface area contributed by atoms with Crippen LogP contribution in [0.1, 0.15) is 36.2 Å². The molecule has 1 aromatic carbocycles. The van der Waals surface area contributed by atoms with E-state index in [1.54, 1.807) is 35.1 Å². The molecule has 1 fully saturated rings. The second kappa shape index (κ2) is 9.18. The predicted molar refractivity (Wildman–Crippen MR) is 133 cm³/mol. The van der Waals surface area contributed by atoms with Crippen LogP contribution in [0.5, 0.6) is 11.5 Å². The molecule has 0 atom stereocenters. The molecular formula is C26H25FN4O4S. The van der Waals surface area contributed by atoms with E-state index in [0.717, 1.165) is 21.8 Å². The maximum Gasteiger partial charge on any atom is 0.212 e. The highest BCUT2D eigenvalue weighted by atomic mass is 32.1. The topological polar surface area (TPSA) is 83.9 Å². The largest absolute Gasteiger partial charge is 0.496 e. The zero-order chi connectivity index (χ0) is 24.7. The van der Waals surface area contributed by atoms with E-state index in [4.69, 9.17) is 18.6 Å². The van der Waals surface area contributed by atoms with Crippen molar-refractivity contribution in [2.45, 2.75) is 38.5 Å². The molecule has 1 saturated heterocycles. The lowest BCUT2D eigenvalue weighted by Gasteiger charge is -2.29. The average Bonchev–Trinajstić information content (AvgIpc) is 3.60. The Morgan fingerprint density at radius 3 is 2.81 bits per heavy atom. The SMILES string of the molecule is CCc1nn2cc(-c3cc4c(OCc5cccc(C6(F)CCOCC6)n5)cc(OC)cc4o3)nc2s1. The van der Waals surface area contributed by atoms with Gasteiger partial charge in [0.15, 0.2) is 11.4 Å². The number of hydrogen-bond donors (Lipinski definition) is 0. The van der Waals surface area contributed by atoms with Crippen molar-refractivity contribution in [2.75, 3.05) is 20.3 Å². The maximum atomic E-state index is 15.4. The van der Waals surface area contributed by atoms with Crippen LogP contribution in [0.15, 0.2) is 47.0 Å². The molecule has 0 N–H and O–H groups in total. The number of pyridine rings is 1. The van der Waals surface area contributed by atoms with Crippen molar-refractivity contribution in [2.24, 2.45) is 0 Å². The molecular weight excluding hydrogens is 483 g/mol. The molecule has 0 aliphatic carbocycles. The summed E-state index contributed by atoms with van der Waals surface area (Å²) in [4.78, 5) is 10.1. The Morgan fingerprint density at radius 2 is 2.03 bits per heavy atom. The minimum absolute atomic E-state index is 0.174. The number of imidazole rings is 1. The molecule has 0 saturated carbocycles. The standard InChI is InChI=1S/C26H25FN4O4S/c1-3-24-30-31-14-19(29-25(31)36-24)22-13-18-20(11-17(32-2)12-21(18)35-22)34-15-16-5-4-6-23(28-16)26(27)7-9-33-10-8-26/h4-6,11-14H,3,7-10,15H2,1-2H3. The fraction of sp³-hybridized carbons (Fsp3) is 0.346. The van der Waals surface area contributed by atoms with Gasteiger partial charge in [-0.2, -0.15) is 5.10 Å². The fourth-order valence-corrected chi connectivity index (χ4v) is 5.18. The van der Waals surface area contributed by atoms with Crippen molar-refractivity contribution in [1.82, 2.24) is 19.6 Å². The number of aryl methyl sites for hydroxylation is 1. The molecule has 0 bridgehead atoms. The Balaban J connectivity index is 1.29. The van der Waals surface area contributed by atoms with E-state index in [1.165, 1.54) is 0 Å². The molecule has 186 valence electrons. The van der Waals surface area contributed by atoms with E-state index in [-0.39, 0.29) is 6.61 Å². The van der Waals surface area contributed by atoms with Gasteiger partial charge in [-0.15, -0.1) is 0 Å². The molecule has 5 aromatic rings. The number of nitrogens with zero attached hydrogens (tertiary/aromatic N) is 4. The number of furan rings is 1. The molecule has 6 rings (SSSR count). The normalized spacial score (nSPS) is 15.5. The van der Waals surface area contributed by atoms with Gasteiger partial charge in [-0.05, 0) is 24.6 Å². The van der Waals surface area contributed by atoms with Crippen molar-refractivity contribution in [1.29, 1.82) is 0 Å². The summed E-state index contributed by atoms with van der Waals surface area (Å²) < 4.78 is 40.2. The predicted octanol–water partition coefficient (Wildman–Crippen LogP) is 5.72. The summed E-state index contributed by atoms with van der Waals surface area (Å²) in [6.07, 6.45) is 3.34. The number of hydrogen-bond acceptors (Lipinski definition) is 8. The Hall–Kier alpha value is -3.50. The van der Waals surface area contributed by atoms with Gasteiger partial charge in [0, 0.05) is 25.0 Å². The number of benzene rings is 1. The number of ether oxygens (including phenoxy) is 3. The Kier molecular flexibility index (Phi) is 5.85. The lowest BCUT2D eigenvalue weighted by atomic mass is 9.92. The van der Waals surface area contributed by atoms with Crippen LogP contribution >= 0.6 is 11.3 Å². The molecule has 0 radical (unpaired) electrons.